The van der Waals surface area contributed by atoms with Gasteiger partial charge in [0.2, 0.25) is 0 Å². The minimum Gasteiger partial charge on any atom is -0.507 e. The number of phenolic OH excluding ortho intramolecular Hbond substituents is 1. The van der Waals surface area contributed by atoms with Crippen LogP contribution in [0.4, 0.5) is 0 Å². The van der Waals surface area contributed by atoms with Gasteiger partial charge in [-0.3, -0.25) is 4.99 Å². The van der Waals surface area contributed by atoms with E-state index in [0.717, 1.165) is 24.0 Å². The Bertz CT molecular complexity index is 405. The number of rotatable bonds is 2. The molecule has 0 unspecified atom stereocenters. The molecule has 14 heavy (non-hydrogen) atoms. The first-order valence-corrected chi connectivity index (χ1v) is 4.84. The normalized spacial score (nSPS) is 14.5. The van der Waals surface area contributed by atoms with Crippen LogP contribution in [0.3, 0.4) is 0 Å². The Morgan fingerprint density at radius 1 is 1.43 bits per heavy atom. The summed E-state index contributed by atoms with van der Waals surface area (Å²) >= 11 is 0. The molecule has 0 radical (unpaired) electrons. The molecule has 2 rings (SSSR count). The zero-order chi connectivity index (χ0) is 9.97. The summed E-state index contributed by atoms with van der Waals surface area (Å²) in [7, 11) is 0. The maximum atomic E-state index is 9.69. The summed E-state index contributed by atoms with van der Waals surface area (Å²) in [4.78, 5) is 4.04. The number of benzene rings is 1. The molecule has 0 aromatic heterocycles. The minimum absolute atomic E-state index is 0.346. The molecule has 1 aromatic rings. The van der Waals surface area contributed by atoms with Crippen molar-refractivity contribution in [1.29, 1.82) is 0 Å². The highest BCUT2D eigenvalue weighted by Gasteiger charge is 2.09. The van der Waals surface area contributed by atoms with Crippen molar-refractivity contribution in [1.82, 2.24) is 0 Å². The Kier molecular flexibility index (Phi) is 2.35. The van der Waals surface area contributed by atoms with Crippen molar-refractivity contribution in [3.8, 4) is 5.75 Å². The molecular formula is C12H13NO. The first kappa shape index (κ1) is 9.00. The van der Waals surface area contributed by atoms with E-state index in [1.165, 1.54) is 5.56 Å². The Morgan fingerprint density at radius 2 is 2.29 bits per heavy atom. The van der Waals surface area contributed by atoms with Crippen molar-refractivity contribution >= 4 is 11.8 Å². The summed E-state index contributed by atoms with van der Waals surface area (Å²) in [5.74, 6) is 0.346. The van der Waals surface area contributed by atoms with E-state index >= 15 is 0 Å². The topological polar surface area (TPSA) is 32.6 Å². The first-order chi connectivity index (χ1) is 6.81. The van der Waals surface area contributed by atoms with E-state index in [9.17, 15) is 5.11 Å². The second kappa shape index (κ2) is 3.66. The van der Waals surface area contributed by atoms with E-state index in [2.05, 4.69) is 11.9 Å². The fourth-order valence-electron chi connectivity index (χ4n) is 1.59. The number of nitrogens with zero attached hydrogens (tertiary/aromatic N) is 1. The lowest BCUT2D eigenvalue weighted by molar-refractivity contribution is 0.473. The lowest BCUT2D eigenvalue weighted by atomic mass is 10.0. The molecule has 1 aliphatic rings. The molecule has 2 nitrogen and oxygen atoms in total. The van der Waals surface area contributed by atoms with Crippen LogP contribution in [0.25, 0.3) is 5.57 Å². The third-order valence-corrected chi connectivity index (χ3v) is 2.46. The van der Waals surface area contributed by atoms with E-state index < -0.39 is 0 Å². The zero-order valence-corrected chi connectivity index (χ0v) is 8.20. The molecule has 0 saturated carbocycles. The van der Waals surface area contributed by atoms with Gasteiger partial charge in [-0.2, -0.15) is 0 Å². The van der Waals surface area contributed by atoms with E-state index in [1.54, 1.807) is 6.07 Å². The lowest BCUT2D eigenvalue weighted by Gasteiger charge is -2.06. The molecule has 1 heterocycles. The Morgan fingerprint density at radius 3 is 2.93 bits per heavy atom. The van der Waals surface area contributed by atoms with Crippen molar-refractivity contribution in [3.05, 3.63) is 35.5 Å². The molecular weight excluding hydrogens is 174 g/mol. The molecule has 0 amide bonds. The molecule has 2 heteroatoms. The van der Waals surface area contributed by atoms with Gasteiger partial charge in [-0.1, -0.05) is 13.0 Å². The van der Waals surface area contributed by atoms with Gasteiger partial charge >= 0.3 is 0 Å². The number of hydrogen-bond acceptors (Lipinski definition) is 2. The molecule has 0 atom stereocenters. The van der Waals surface area contributed by atoms with Gasteiger partial charge in [-0.25, -0.2) is 0 Å². The Labute approximate surface area is 83.6 Å². The number of phenols is 1. The summed E-state index contributed by atoms with van der Waals surface area (Å²) < 4.78 is 0. The minimum atomic E-state index is 0.346. The number of hydrogen-bond donors (Lipinski definition) is 1. The Balaban J connectivity index is 2.41. The van der Waals surface area contributed by atoms with Crippen LogP contribution < -0.4 is 0 Å². The molecule has 0 aliphatic carbocycles. The lowest BCUT2D eigenvalue weighted by Crippen LogP contribution is -1.87. The maximum Gasteiger partial charge on any atom is 0.123 e. The smallest absolute Gasteiger partial charge is 0.123 e. The molecule has 1 N–H and O–H groups in total. The van der Waals surface area contributed by atoms with Crippen molar-refractivity contribution in [2.24, 2.45) is 4.99 Å². The summed E-state index contributed by atoms with van der Waals surface area (Å²) in [5, 5.41) is 9.69. The third-order valence-electron chi connectivity index (χ3n) is 2.46. The summed E-state index contributed by atoms with van der Waals surface area (Å²) in [6, 6.07) is 5.75. The average Bonchev–Trinajstić information content (AvgIpc) is 2.71. The summed E-state index contributed by atoms with van der Waals surface area (Å²) in [6.45, 7) is 2.11. The molecule has 0 saturated heterocycles. The van der Waals surface area contributed by atoms with Crippen LogP contribution in [-0.4, -0.2) is 11.3 Å². The van der Waals surface area contributed by atoms with Crippen LogP contribution in [0, 0.1) is 0 Å². The number of allylic oxidation sites excluding steroid dienone is 1. The van der Waals surface area contributed by atoms with E-state index in [-0.39, 0.29) is 0 Å². The standard InChI is InChI=1S/C12H13NO/c1-2-9-3-4-12(14)11(7-9)10-5-6-13-8-10/h3-4,6-8,14H,2,5H2,1H3. The van der Waals surface area contributed by atoms with Gasteiger partial charge in [0.25, 0.3) is 0 Å². The van der Waals surface area contributed by atoms with E-state index in [4.69, 9.17) is 0 Å². The summed E-state index contributed by atoms with van der Waals surface area (Å²) in [6.07, 6.45) is 5.48. The van der Waals surface area contributed by atoms with Crippen LogP contribution in [0.15, 0.2) is 29.4 Å². The SMILES string of the molecule is CCc1ccc(O)c(C2=CN=CC2)c1. The highest BCUT2D eigenvalue weighted by molar-refractivity contribution is 5.86. The van der Waals surface area contributed by atoms with Crippen LogP contribution in [-0.2, 0) is 6.42 Å². The number of aromatic hydroxyl groups is 1. The van der Waals surface area contributed by atoms with Crippen LogP contribution >= 0.6 is 0 Å². The molecule has 72 valence electrons. The predicted octanol–water partition coefficient (Wildman–Crippen LogP) is 2.77. The van der Waals surface area contributed by atoms with Gasteiger partial charge in [0.15, 0.2) is 0 Å². The first-order valence-electron chi connectivity index (χ1n) is 4.84. The van der Waals surface area contributed by atoms with Crippen LogP contribution in [0.2, 0.25) is 0 Å². The quantitative estimate of drug-likeness (QED) is 0.758. The van der Waals surface area contributed by atoms with E-state index in [1.807, 2.05) is 24.5 Å². The molecule has 1 aromatic carbocycles. The fraction of sp³-hybridized carbons (Fsp3) is 0.250. The average molecular weight is 187 g/mol. The van der Waals surface area contributed by atoms with Gasteiger partial charge in [-0.15, -0.1) is 0 Å². The van der Waals surface area contributed by atoms with Crippen LogP contribution in [0.1, 0.15) is 24.5 Å². The fourth-order valence-corrected chi connectivity index (χ4v) is 1.59. The van der Waals surface area contributed by atoms with Crippen LogP contribution in [0.5, 0.6) is 5.75 Å². The largest absolute Gasteiger partial charge is 0.507 e. The third kappa shape index (κ3) is 1.55. The Hall–Kier alpha value is -1.57. The van der Waals surface area contributed by atoms with Crippen molar-refractivity contribution in [2.75, 3.05) is 0 Å². The van der Waals surface area contributed by atoms with Gasteiger partial charge < -0.3 is 5.11 Å². The van der Waals surface area contributed by atoms with E-state index in [0.29, 0.717) is 5.75 Å². The maximum absolute atomic E-state index is 9.69. The number of aliphatic imine (C=N–C) groups is 1. The second-order valence-electron chi connectivity index (χ2n) is 3.40. The van der Waals surface area contributed by atoms with Gasteiger partial charge in [0, 0.05) is 24.4 Å². The highest BCUT2D eigenvalue weighted by Crippen LogP contribution is 2.29. The number of aryl methyl sites for hydroxylation is 1. The van der Waals surface area contributed by atoms with Crippen molar-refractivity contribution in [2.45, 2.75) is 19.8 Å². The van der Waals surface area contributed by atoms with Gasteiger partial charge in [0.1, 0.15) is 5.75 Å². The van der Waals surface area contributed by atoms with Gasteiger partial charge in [0.05, 0.1) is 0 Å². The van der Waals surface area contributed by atoms with Gasteiger partial charge in [-0.05, 0) is 29.7 Å². The zero-order valence-electron chi connectivity index (χ0n) is 8.20. The summed E-state index contributed by atoms with van der Waals surface area (Å²) in [5.41, 5.74) is 3.25. The highest BCUT2D eigenvalue weighted by atomic mass is 16.3. The van der Waals surface area contributed by atoms with Crippen molar-refractivity contribution in [3.63, 3.8) is 0 Å². The molecule has 0 fully saturated rings. The molecule has 1 aliphatic heterocycles. The second-order valence-corrected chi connectivity index (χ2v) is 3.40. The molecule has 0 spiro atoms. The molecule has 0 bridgehead atoms. The monoisotopic (exact) mass is 187 g/mol. The predicted molar refractivity (Wildman–Crippen MR) is 58.6 cm³/mol. The van der Waals surface area contributed by atoms with Crippen molar-refractivity contribution < 1.29 is 5.11 Å².